The summed E-state index contributed by atoms with van der Waals surface area (Å²) < 4.78 is 6.71. The lowest BCUT2D eigenvalue weighted by Gasteiger charge is -2.03. The lowest BCUT2D eigenvalue weighted by atomic mass is 10.1. The number of hydrogen-bond donors (Lipinski definition) is 1. The van der Waals surface area contributed by atoms with Gasteiger partial charge in [0.15, 0.2) is 0 Å². The van der Waals surface area contributed by atoms with Gasteiger partial charge in [0, 0.05) is 31.6 Å². The summed E-state index contributed by atoms with van der Waals surface area (Å²) in [5, 5.41) is 11.1. The fourth-order valence-electron chi connectivity index (χ4n) is 2.35. The van der Waals surface area contributed by atoms with E-state index >= 15 is 0 Å². The molecule has 0 aliphatic heterocycles. The molecule has 3 rings (SSSR count). The molecule has 0 saturated heterocycles. The third-order valence-electron chi connectivity index (χ3n) is 3.52. The highest BCUT2D eigenvalue weighted by molar-refractivity contribution is 5.93. The molecule has 1 aromatic carbocycles. The summed E-state index contributed by atoms with van der Waals surface area (Å²) in [4.78, 5) is 12.3. The van der Waals surface area contributed by atoms with Crippen LogP contribution >= 0.6 is 0 Å². The predicted octanol–water partition coefficient (Wildman–Crippen LogP) is 2.36. The minimum atomic E-state index is -0.154. The van der Waals surface area contributed by atoms with Gasteiger partial charge in [0.1, 0.15) is 11.5 Å². The van der Waals surface area contributed by atoms with Crippen LogP contribution < -0.4 is 5.32 Å². The number of hydrogen-bond acceptors (Lipinski definition) is 4. The van der Waals surface area contributed by atoms with Crippen molar-refractivity contribution in [1.82, 2.24) is 20.3 Å². The maximum Gasteiger partial charge on any atom is 0.269 e. The minimum Gasteiger partial charge on any atom is -0.361 e. The van der Waals surface area contributed by atoms with Gasteiger partial charge in [0.25, 0.3) is 5.91 Å². The Bertz CT molecular complexity index is 805. The monoisotopic (exact) mass is 310 g/mol. The van der Waals surface area contributed by atoms with Crippen molar-refractivity contribution in [2.24, 2.45) is 7.05 Å². The van der Waals surface area contributed by atoms with Crippen molar-refractivity contribution in [3.8, 4) is 11.3 Å². The molecule has 2 aromatic heterocycles. The Morgan fingerprint density at radius 1 is 1.26 bits per heavy atom. The fourth-order valence-corrected chi connectivity index (χ4v) is 2.35. The van der Waals surface area contributed by atoms with Crippen molar-refractivity contribution in [2.45, 2.75) is 13.3 Å². The topological polar surface area (TPSA) is 73.0 Å². The molecule has 0 unspecified atom stereocenters. The van der Waals surface area contributed by atoms with Crippen LogP contribution in [0.15, 0.2) is 47.0 Å². The van der Waals surface area contributed by atoms with Crippen molar-refractivity contribution in [3.63, 3.8) is 0 Å². The highest BCUT2D eigenvalue weighted by Gasteiger charge is 2.14. The van der Waals surface area contributed by atoms with Crippen LogP contribution in [0.3, 0.4) is 0 Å². The SMILES string of the molecule is Cc1cc(CCNC(=O)c2cc(-c3ccccc3)nn2C)on1. The number of rotatable bonds is 5. The second-order valence-corrected chi connectivity index (χ2v) is 5.34. The Morgan fingerprint density at radius 2 is 2.04 bits per heavy atom. The van der Waals surface area contributed by atoms with Gasteiger partial charge in [0.2, 0.25) is 0 Å². The molecule has 0 aliphatic rings. The number of nitrogens with one attached hydrogen (secondary N) is 1. The lowest BCUT2D eigenvalue weighted by molar-refractivity contribution is 0.0944. The highest BCUT2D eigenvalue weighted by Crippen LogP contribution is 2.18. The summed E-state index contributed by atoms with van der Waals surface area (Å²) in [6.45, 7) is 2.35. The quantitative estimate of drug-likeness (QED) is 0.785. The zero-order valence-corrected chi connectivity index (χ0v) is 13.1. The van der Waals surface area contributed by atoms with Crippen LogP contribution in [0, 0.1) is 6.92 Å². The Hall–Kier alpha value is -2.89. The van der Waals surface area contributed by atoms with E-state index in [1.54, 1.807) is 17.8 Å². The molecule has 0 bridgehead atoms. The molecule has 0 aliphatic carbocycles. The van der Waals surface area contributed by atoms with Crippen molar-refractivity contribution >= 4 is 5.91 Å². The van der Waals surface area contributed by atoms with Gasteiger partial charge in [-0.2, -0.15) is 5.10 Å². The average Bonchev–Trinajstić information content (AvgIpc) is 3.14. The standard InChI is InChI=1S/C17H18N4O2/c1-12-10-14(23-20-12)8-9-18-17(22)16-11-15(19-21(16)2)13-6-4-3-5-7-13/h3-7,10-11H,8-9H2,1-2H3,(H,18,22). The normalized spacial score (nSPS) is 10.7. The summed E-state index contributed by atoms with van der Waals surface area (Å²) >= 11 is 0. The Morgan fingerprint density at radius 3 is 2.74 bits per heavy atom. The van der Waals surface area contributed by atoms with Crippen LogP contribution in [-0.2, 0) is 13.5 Å². The summed E-state index contributed by atoms with van der Waals surface area (Å²) in [6.07, 6.45) is 0.607. The average molecular weight is 310 g/mol. The molecule has 0 fully saturated rings. The van der Waals surface area contributed by atoms with Crippen molar-refractivity contribution < 1.29 is 9.32 Å². The number of aromatic nitrogens is 3. The zero-order chi connectivity index (χ0) is 16.2. The predicted molar refractivity (Wildman–Crippen MR) is 85.9 cm³/mol. The van der Waals surface area contributed by atoms with E-state index < -0.39 is 0 Å². The first-order valence-electron chi connectivity index (χ1n) is 7.43. The van der Waals surface area contributed by atoms with E-state index in [0.29, 0.717) is 18.7 Å². The summed E-state index contributed by atoms with van der Waals surface area (Å²) in [5.41, 5.74) is 3.13. The van der Waals surface area contributed by atoms with Crippen molar-refractivity contribution in [1.29, 1.82) is 0 Å². The van der Waals surface area contributed by atoms with E-state index in [4.69, 9.17) is 4.52 Å². The Kier molecular flexibility index (Phi) is 4.23. The maximum atomic E-state index is 12.3. The van der Waals surface area contributed by atoms with E-state index in [-0.39, 0.29) is 5.91 Å². The summed E-state index contributed by atoms with van der Waals surface area (Å²) in [5.74, 6) is 0.608. The molecule has 1 N–H and O–H groups in total. The van der Waals surface area contributed by atoms with Crippen molar-refractivity contribution in [3.05, 3.63) is 59.6 Å². The van der Waals surface area contributed by atoms with Gasteiger partial charge in [-0.05, 0) is 13.0 Å². The van der Waals surface area contributed by atoms with Crippen LogP contribution in [0.4, 0.5) is 0 Å². The van der Waals surface area contributed by atoms with Gasteiger partial charge in [-0.25, -0.2) is 0 Å². The van der Waals surface area contributed by atoms with Crippen LogP contribution in [-0.4, -0.2) is 27.4 Å². The number of carbonyl (C=O) groups is 1. The molecule has 0 saturated carbocycles. The Labute approximate surface area is 134 Å². The Balaban J connectivity index is 1.64. The number of carbonyl (C=O) groups excluding carboxylic acids is 1. The van der Waals surface area contributed by atoms with E-state index in [1.165, 1.54) is 0 Å². The smallest absolute Gasteiger partial charge is 0.269 e. The molecule has 0 spiro atoms. The van der Waals surface area contributed by atoms with Gasteiger partial charge in [-0.3, -0.25) is 9.48 Å². The van der Waals surface area contributed by atoms with Crippen LogP contribution in [0.2, 0.25) is 0 Å². The minimum absolute atomic E-state index is 0.154. The van der Waals surface area contributed by atoms with E-state index in [9.17, 15) is 4.79 Å². The van der Waals surface area contributed by atoms with Crippen LogP contribution in [0.1, 0.15) is 21.9 Å². The molecular weight excluding hydrogens is 292 g/mol. The van der Waals surface area contributed by atoms with Gasteiger partial charge in [0.05, 0.1) is 11.4 Å². The molecule has 23 heavy (non-hydrogen) atoms. The molecule has 6 nitrogen and oxygen atoms in total. The molecule has 0 atom stereocenters. The van der Waals surface area contributed by atoms with Gasteiger partial charge in [-0.1, -0.05) is 35.5 Å². The third kappa shape index (κ3) is 3.48. The van der Waals surface area contributed by atoms with E-state index in [2.05, 4.69) is 15.6 Å². The van der Waals surface area contributed by atoms with Crippen LogP contribution in [0.5, 0.6) is 0 Å². The molecular formula is C17H18N4O2. The number of aryl methyl sites for hydroxylation is 2. The lowest BCUT2D eigenvalue weighted by Crippen LogP contribution is -2.27. The number of benzene rings is 1. The maximum absolute atomic E-state index is 12.3. The molecule has 1 amide bonds. The van der Waals surface area contributed by atoms with Crippen molar-refractivity contribution in [2.75, 3.05) is 6.54 Å². The number of nitrogens with zero attached hydrogens (tertiary/aromatic N) is 3. The van der Waals surface area contributed by atoms with E-state index in [0.717, 1.165) is 22.7 Å². The highest BCUT2D eigenvalue weighted by atomic mass is 16.5. The molecule has 6 heteroatoms. The van der Waals surface area contributed by atoms with Gasteiger partial charge < -0.3 is 9.84 Å². The zero-order valence-electron chi connectivity index (χ0n) is 13.1. The fraction of sp³-hybridized carbons (Fsp3) is 0.235. The number of amides is 1. The van der Waals surface area contributed by atoms with Gasteiger partial charge >= 0.3 is 0 Å². The van der Waals surface area contributed by atoms with E-state index in [1.807, 2.05) is 43.3 Å². The third-order valence-corrected chi connectivity index (χ3v) is 3.52. The van der Waals surface area contributed by atoms with Crippen LogP contribution in [0.25, 0.3) is 11.3 Å². The first-order chi connectivity index (χ1) is 11.1. The van der Waals surface area contributed by atoms with Gasteiger partial charge in [-0.15, -0.1) is 0 Å². The largest absolute Gasteiger partial charge is 0.361 e. The molecule has 0 radical (unpaired) electrons. The molecule has 2 heterocycles. The first-order valence-corrected chi connectivity index (χ1v) is 7.43. The second kappa shape index (κ2) is 6.48. The molecule has 118 valence electrons. The first kappa shape index (κ1) is 15.0. The molecule has 3 aromatic rings. The summed E-state index contributed by atoms with van der Waals surface area (Å²) in [7, 11) is 1.77. The second-order valence-electron chi connectivity index (χ2n) is 5.34. The summed E-state index contributed by atoms with van der Waals surface area (Å²) in [6, 6.07) is 13.4.